The zero-order valence-electron chi connectivity index (χ0n) is 11.5. The van der Waals surface area contributed by atoms with Gasteiger partial charge in [-0.05, 0) is 61.1 Å². The Labute approximate surface area is 111 Å². The first kappa shape index (κ1) is 12.1. The standard InChI is InChI=1S/C17H25N/c1-13-4-6-14(7-5-13)11-15-8-9-17-16(12-15)3-2-10-18-17/h8-9,12-14,18H,2-7,10-11H2,1H3. The molecule has 0 atom stereocenters. The summed E-state index contributed by atoms with van der Waals surface area (Å²) >= 11 is 0. The fraction of sp³-hybridized carbons (Fsp3) is 0.647. The molecule has 2 aliphatic rings. The van der Waals surface area contributed by atoms with Crippen molar-refractivity contribution in [3.63, 3.8) is 0 Å². The zero-order valence-corrected chi connectivity index (χ0v) is 11.5. The molecule has 1 aliphatic heterocycles. The van der Waals surface area contributed by atoms with Gasteiger partial charge in [-0.15, -0.1) is 0 Å². The molecule has 1 nitrogen and oxygen atoms in total. The van der Waals surface area contributed by atoms with Gasteiger partial charge in [0.1, 0.15) is 0 Å². The van der Waals surface area contributed by atoms with Gasteiger partial charge in [0, 0.05) is 12.2 Å². The Kier molecular flexibility index (Phi) is 3.58. The van der Waals surface area contributed by atoms with Crippen LogP contribution in [0.15, 0.2) is 18.2 Å². The van der Waals surface area contributed by atoms with E-state index in [1.807, 2.05) is 0 Å². The first-order valence-electron chi connectivity index (χ1n) is 7.67. The maximum absolute atomic E-state index is 3.50. The largest absolute Gasteiger partial charge is 0.385 e. The van der Waals surface area contributed by atoms with Crippen molar-refractivity contribution in [1.29, 1.82) is 0 Å². The highest BCUT2D eigenvalue weighted by molar-refractivity contribution is 5.54. The third kappa shape index (κ3) is 2.71. The van der Waals surface area contributed by atoms with Crippen molar-refractivity contribution < 1.29 is 0 Å². The average Bonchev–Trinajstić information content (AvgIpc) is 2.41. The van der Waals surface area contributed by atoms with Gasteiger partial charge in [0.25, 0.3) is 0 Å². The lowest BCUT2D eigenvalue weighted by Gasteiger charge is -2.26. The van der Waals surface area contributed by atoms with Crippen LogP contribution < -0.4 is 5.32 Å². The molecule has 98 valence electrons. The second-order valence-electron chi connectivity index (χ2n) is 6.35. The van der Waals surface area contributed by atoms with E-state index in [9.17, 15) is 0 Å². The van der Waals surface area contributed by atoms with Gasteiger partial charge in [-0.1, -0.05) is 31.9 Å². The Hall–Kier alpha value is -0.980. The van der Waals surface area contributed by atoms with Gasteiger partial charge in [0.05, 0.1) is 0 Å². The van der Waals surface area contributed by atoms with E-state index in [0.717, 1.165) is 18.4 Å². The quantitative estimate of drug-likeness (QED) is 0.811. The van der Waals surface area contributed by atoms with E-state index in [1.54, 1.807) is 11.1 Å². The van der Waals surface area contributed by atoms with Crippen LogP contribution in [-0.4, -0.2) is 6.54 Å². The van der Waals surface area contributed by atoms with Crippen molar-refractivity contribution in [2.24, 2.45) is 11.8 Å². The van der Waals surface area contributed by atoms with Crippen molar-refractivity contribution in [1.82, 2.24) is 0 Å². The summed E-state index contributed by atoms with van der Waals surface area (Å²) < 4.78 is 0. The molecule has 0 bridgehead atoms. The molecule has 1 aromatic rings. The Morgan fingerprint density at radius 3 is 2.83 bits per heavy atom. The smallest absolute Gasteiger partial charge is 0.0372 e. The van der Waals surface area contributed by atoms with Crippen LogP contribution in [0.25, 0.3) is 0 Å². The lowest BCUT2D eigenvalue weighted by Crippen LogP contribution is -2.15. The molecule has 0 unspecified atom stereocenters. The van der Waals surface area contributed by atoms with Crippen molar-refractivity contribution in [3.8, 4) is 0 Å². The predicted octanol–water partition coefficient (Wildman–Crippen LogP) is 4.41. The van der Waals surface area contributed by atoms with Crippen LogP contribution in [0.1, 0.15) is 50.2 Å². The van der Waals surface area contributed by atoms with Crippen molar-refractivity contribution >= 4 is 5.69 Å². The van der Waals surface area contributed by atoms with Crippen LogP contribution in [-0.2, 0) is 12.8 Å². The molecule has 1 fully saturated rings. The van der Waals surface area contributed by atoms with E-state index in [-0.39, 0.29) is 0 Å². The second kappa shape index (κ2) is 5.34. The number of nitrogens with one attached hydrogen (secondary N) is 1. The van der Waals surface area contributed by atoms with Gasteiger partial charge in [-0.25, -0.2) is 0 Å². The normalized spacial score (nSPS) is 27.4. The third-order valence-corrected chi connectivity index (χ3v) is 4.77. The molecule has 1 saturated carbocycles. The average molecular weight is 243 g/mol. The summed E-state index contributed by atoms with van der Waals surface area (Å²) in [7, 11) is 0. The molecule has 3 rings (SSSR count). The van der Waals surface area contributed by atoms with E-state index in [4.69, 9.17) is 0 Å². The summed E-state index contributed by atoms with van der Waals surface area (Å²) in [4.78, 5) is 0. The fourth-order valence-corrected chi connectivity index (χ4v) is 3.52. The molecule has 1 heterocycles. The minimum atomic E-state index is 0.941. The maximum atomic E-state index is 3.50. The molecule has 1 aliphatic carbocycles. The molecule has 0 saturated heterocycles. The lowest BCUT2D eigenvalue weighted by atomic mass is 9.80. The number of anilines is 1. The van der Waals surface area contributed by atoms with Gasteiger partial charge >= 0.3 is 0 Å². The van der Waals surface area contributed by atoms with E-state index in [2.05, 4.69) is 30.4 Å². The topological polar surface area (TPSA) is 12.0 Å². The molecule has 0 spiro atoms. The van der Waals surface area contributed by atoms with E-state index in [1.165, 1.54) is 50.6 Å². The molecule has 0 aromatic heterocycles. The van der Waals surface area contributed by atoms with Gasteiger partial charge in [-0.2, -0.15) is 0 Å². The monoisotopic (exact) mass is 243 g/mol. The van der Waals surface area contributed by atoms with E-state index in [0.29, 0.717) is 0 Å². The highest BCUT2D eigenvalue weighted by atomic mass is 14.9. The van der Waals surface area contributed by atoms with Crippen molar-refractivity contribution in [3.05, 3.63) is 29.3 Å². The number of aryl methyl sites for hydroxylation is 1. The first-order valence-corrected chi connectivity index (χ1v) is 7.67. The van der Waals surface area contributed by atoms with Crippen molar-refractivity contribution in [2.45, 2.75) is 51.9 Å². The minimum absolute atomic E-state index is 0.941. The first-order chi connectivity index (χ1) is 8.81. The number of hydrogen-bond donors (Lipinski definition) is 1. The summed E-state index contributed by atoms with van der Waals surface area (Å²) in [6.07, 6.45) is 9.62. The summed E-state index contributed by atoms with van der Waals surface area (Å²) in [6, 6.07) is 7.10. The van der Waals surface area contributed by atoms with Crippen molar-refractivity contribution in [2.75, 3.05) is 11.9 Å². The van der Waals surface area contributed by atoms with Crippen LogP contribution in [0.5, 0.6) is 0 Å². The molecule has 0 radical (unpaired) electrons. The summed E-state index contributed by atoms with van der Waals surface area (Å²) in [5, 5.41) is 3.50. The molecule has 1 heteroatoms. The van der Waals surface area contributed by atoms with Gasteiger partial charge in [-0.3, -0.25) is 0 Å². The fourth-order valence-electron chi connectivity index (χ4n) is 3.52. The van der Waals surface area contributed by atoms with E-state index >= 15 is 0 Å². The minimum Gasteiger partial charge on any atom is -0.385 e. The molecule has 1 aromatic carbocycles. The lowest BCUT2D eigenvalue weighted by molar-refractivity contribution is 0.289. The Bertz CT molecular complexity index is 402. The second-order valence-corrected chi connectivity index (χ2v) is 6.35. The van der Waals surface area contributed by atoms with Gasteiger partial charge in [0.15, 0.2) is 0 Å². The summed E-state index contributed by atoms with van der Waals surface area (Å²) in [5.74, 6) is 1.91. The van der Waals surface area contributed by atoms with Crippen LogP contribution in [0.4, 0.5) is 5.69 Å². The Morgan fingerprint density at radius 1 is 1.17 bits per heavy atom. The third-order valence-electron chi connectivity index (χ3n) is 4.77. The molecular weight excluding hydrogens is 218 g/mol. The molecule has 0 amide bonds. The summed E-state index contributed by atoms with van der Waals surface area (Å²) in [5.41, 5.74) is 4.49. The predicted molar refractivity (Wildman–Crippen MR) is 78.1 cm³/mol. The van der Waals surface area contributed by atoms with Gasteiger partial charge < -0.3 is 5.32 Å². The zero-order chi connectivity index (χ0) is 12.4. The SMILES string of the molecule is CC1CCC(Cc2ccc3c(c2)CCCN3)CC1. The molecule has 1 N–H and O–H groups in total. The Balaban J connectivity index is 1.66. The number of hydrogen-bond acceptors (Lipinski definition) is 1. The Morgan fingerprint density at radius 2 is 2.00 bits per heavy atom. The van der Waals surface area contributed by atoms with Crippen LogP contribution in [0.2, 0.25) is 0 Å². The van der Waals surface area contributed by atoms with Crippen LogP contribution in [0, 0.1) is 11.8 Å². The maximum Gasteiger partial charge on any atom is 0.0372 e. The van der Waals surface area contributed by atoms with Crippen LogP contribution >= 0.6 is 0 Å². The molecule has 18 heavy (non-hydrogen) atoms. The highest BCUT2D eigenvalue weighted by Gasteiger charge is 2.19. The number of benzene rings is 1. The number of rotatable bonds is 2. The molecular formula is C17H25N. The van der Waals surface area contributed by atoms with Crippen LogP contribution in [0.3, 0.4) is 0 Å². The van der Waals surface area contributed by atoms with E-state index < -0.39 is 0 Å². The summed E-state index contributed by atoms with van der Waals surface area (Å²) in [6.45, 7) is 3.55. The van der Waals surface area contributed by atoms with Gasteiger partial charge in [0.2, 0.25) is 0 Å². The number of fused-ring (bicyclic) bond motifs is 1. The highest BCUT2D eigenvalue weighted by Crippen LogP contribution is 2.31.